The van der Waals surface area contributed by atoms with Crippen LogP contribution in [0.25, 0.3) is 0 Å². The van der Waals surface area contributed by atoms with Crippen molar-refractivity contribution in [3.05, 3.63) is 33.3 Å². The normalized spacial score (nSPS) is 17.9. The van der Waals surface area contributed by atoms with E-state index in [1.807, 2.05) is 11.0 Å². The summed E-state index contributed by atoms with van der Waals surface area (Å²) in [5.74, 6) is -0.0217. The molecule has 1 aromatic rings. The molecular weight excluding hydrogens is 349 g/mol. The van der Waals surface area contributed by atoms with Gasteiger partial charge in [-0.15, -0.1) is 11.6 Å². The minimum atomic E-state index is -0.675. The van der Waals surface area contributed by atoms with E-state index in [1.54, 1.807) is 12.1 Å². The Labute approximate surface area is 132 Å². The Balaban J connectivity index is 2.15. The van der Waals surface area contributed by atoms with Crippen molar-refractivity contribution in [3.63, 3.8) is 0 Å². The molecule has 1 saturated heterocycles. The van der Waals surface area contributed by atoms with Crippen LogP contribution in [-0.4, -0.2) is 23.9 Å². The molecule has 2 nitrogen and oxygen atoms in total. The van der Waals surface area contributed by atoms with E-state index in [-0.39, 0.29) is 5.91 Å². The number of benzene rings is 1. The maximum Gasteiger partial charge on any atom is 0.245 e. The topological polar surface area (TPSA) is 20.3 Å². The zero-order valence-electron chi connectivity index (χ0n) is 10.5. The smallest absolute Gasteiger partial charge is 0.245 e. The predicted octanol–water partition coefficient (Wildman–Crippen LogP) is 4.79. The molecule has 1 atom stereocenters. The first kappa shape index (κ1) is 15.1. The number of halogens is 3. The highest BCUT2D eigenvalue weighted by Crippen LogP contribution is 2.32. The molecule has 0 bridgehead atoms. The van der Waals surface area contributed by atoms with Gasteiger partial charge in [-0.2, -0.15) is 0 Å². The molecular formula is C14H16BrCl2NO. The predicted molar refractivity (Wildman–Crippen MR) is 82.8 cm³/mol. The number of nitrogens with zero attached hydrogens (tertiary/aromatic N) is 1. The van der Waals surface area contributed by atoms with Gasteiger partial charge in [0.05, 0.1) is 0 Å². The fraction of sp³-hybridized carbons (Fsp3) is 0.500. The van der Waals surface area contributed by atoms with Gasteiger partial charge >= 0.3 is 0 Å². The van der Waals surface area contributed by atoms with Gasteiger partial charge in [0, 0.05) is 22.6 Å². The van der Waals surface area contributed by atoms with Gasteiger partial charge in [0.25, 0.3) is 0 Å². The zero-order valence-corrected chi connectivity index (χ0v) is 13.6. The highest BCUT2D eigenvalue weighted by atomic mass is 79.9. The second kappa shape index (κ2) is 6.96. The molecule has 0 N–H and O–H groups in total. The maximum absolute atomic E-state index is 12.4. The van der Waals surface area contributed by atoms with Gasteiger partial charge in [0.15, 0.2) is 0 Å². The maximum atomic E-state index is 12.4. The van der Waals surface area contributed by atoms with Gasteiger partial charge in [-0.1, -0.05) is 40.4 Å². The van der Waals surface area contributed by atoms with Crippen molar-refractivity contribution in [3.8, 4) is 0 Å². The highest BCUT2D eigenvalue weighted by Gasteiger charge is 2.26. The second-order valence-electron chi connectivity index (χ2n) is 4.77. The number of carbonyl (C=O) groups is 1. The third kappa shape index (κ3) is 3.87. The molecule has 1 fully saturated rings. The number of amides is 1. The molecule has 0 saturated carbocycles. The molecule has 1 heterocycles. The van der Waals surface area contributed by atoms with Crippen molar-refractivity contribution in [1.82, 2.24) is 4.90 Å². The van der Waals surface area contributed by atoms with Crippen LogP contribution in [0.1, 0.15) is 36.6 Å². The van der Waals surface area contributed by atoms with Crippen LogP contribution in [0.5, 0.6) is 0 Å². The second-order valence-corrected chi connectivity index (χ2v) is 6.50. The van der Waals surface area contributed by atoms with E-state index in [9.17, 15) is 4.79 Å². The summed E-state index contributed by atoms with van der Waals surface area (Å²) >= 11 is 15.7. The van der Waals surface area contributed by atoms with E-state index in [4.69, 9.17) is 23.2 Å². The molecule has 1 aromatic carbocycles. The van der Waals surface area contributed by atoms with Gasteiger partial charge in [-0.05, 0) is 36.6 Å². The van der Waals surface area contributed by atoms with Crippen LogP contribution in [0, 0.1) is 0 Å². The number of rotatable bonds is 2. The lowest BCUT2D eigenvalue weighted by Gasteiger charge is -2.23. The minimum absolute atomic E-state index is 0.0217. The highest BCUT2D eigenvalue weighted by molar-refractivity contribution is 9.10. The van der Waals surface area contributed by atoms with Crippen LogP contribution in [0.3, 0.4) is 0 Å². The number of carbonyl (C=O) groups excluding carboxylic acids is 1. The molecule has 1 aliphatic rings. The quantitative estimate of drug-likeness (QED) is 0.691. The van der Waals surface area contributed by atoms with E-state index in [2.05, 4.69) is 15.9 Å². The number of hydrogen-bond donors (Lipinski definition) is 0. The molecule has 1 aliphatic heterocycles. The first-order valence-electron chi connectivity index (χ1n) is 6.47. The van der Waals surface area contributed by atoms with Crippen LogP contribution in [0.4, 0.5) is 0 Å². The van der Waals surface area contributed by atoms with Crippen molar-refractivity contribution in [2.75, 3.05) is 13.1 Å². The summed E-state index contributed by atoms with van der Waals surface area (Å²) in [7, 11) is 0. The lowest BCUT2D eigenvalue weighted by molar-refractivity contribution is -0.130. The fourth-order valence-electron chi connectivity index (χ4n) is 2.29. The summed E-state index contributed by atoms with van der Waals surface area (Å²) in [5, 5.41) is -0.0845. The molecule has 104 valence electrons. The van der Waals surface area contributed by atoms with Crippen molar-refractivity contribution in [2.24, 2.45) is 0 Å². The average molecular weight is 365 g/mol. The summed E-state index contributed by atoms with van der Waals surface area (Å²) < 4.78 is 0.820. The number of alkyl halides is 1. The van der Waals surface area contributed by atoms with E-state index in [0.29, 0.717) is 5.02 Å². The third-order valence-corrected chi connectivity index (χ3v) is 4.74. The van der Waals surface area contributed by atoms with E-state index in [0.717, 1.165) is 36.0 Å². The van der Waals surface area contributed by atoms with Crippen LogP contribution < -0.4 is 0 Å². The summed E-state index contributed by atoms with van der Waals surface area (Å²) in [6.07, 6.45) is 4.51. The molecule has 0 aliphatic carbocycles. The summed E-state index contributed by atoms with van der Waals surface area (Å²) in [4.78, 5) is 14.3. The van der Waals surface area contributed by atoms with E-state index < -0.39 is 5.38 Å². The Kier molecular flexibility index (Phi) is 5.55. The van der Waals surface area contributed by atoms with Crippen LogP contribution >= 0.6 is 39.1 Å². The van der Waals surface area contributed by atoms with Crippen LogP contribution in [0.2, 0.25) is 5.02 Å². The SMILES string of the molecule is O=C(C(Cl)c1cc(Cl)ccc1Br)N1CCCCCC1. The Morgan fingerprint density at radius 1 is 1.21 bits per heavy atom. The Bertz CT molecular complexity index is 459. The molecule has 0 radical (unpaired) electrons. The van der Waals surface area contributed by atoms with Gasteiger partial charge in [0.2, 0.25) is 5.91 Å². The molecule has 5 heteroatoms. The Hall–Kier alpha value is -0.250. The number of likely N-dealkylation sites (tertiary alicyclic amines) is 1. The van der Waals surface area contributed by atoms with E-state index >= 15 is 0 Å². The summed E-state index contributed by atoms with van der Waals surface area (Å²) in [5.41, 5.74) is 0.739. The lowest BCUT2D eigenvalue weighted by atomic mass is 10.1. The van der Waals surface area contributed by atoms with Crippen molar-refractivity contribution in [2.45, 2.75) is 31.1 Å². The molecule has 0 aromatic heterocycles. The standard InChI is InChI=1S/C14H16BrCl2NO/c15-12-6-5-10(16)9-11(12)13(17)14(19)18-7-3-1-2-4-8-18/h5-6,9,13H,1-4,7-8H2. The number of hydrogen-bond acceptors (Lipinski definition) is 1. The van der Waals surface area contributed by atoms with Gasteiger partial charge in [0.1, 0.15) is 5.38 Å². The molecule has 1 amide bonds. The monoisotopic (exact) mass is 363 g/mol. The molecule has 19 heavy (non-hydrogen) atoms. The Morgan fingerprint density at radius 3 is 2.47 bits per heavy atom. The Morgan fingerprint density at radius 2 is 1.84 bits per heavy atom. The van der Waals surface area contributed by atoms with Gasteiger partial charge in [-0.25, -0.2) is 0 Å². The zero-order chi connectivity index (χ0) is 13.8. The van der Waals surface area contributed by atoms with Crippen molar-refractivity contribution in [1.29, 1.82) is 0 Å². The van der Waals surface area contributed by atoms with Crippen LogP contribution in [0.15, 0.2) is 22.7 Å². The lowest BCUT2D eigenvalue weighted by Crippen LogP contribution is -2.34. The third-order valence-electron chi connectivity index (χ3n) is 3.37. The largest absolute Gasteiger partial charge is 0.341 e. The van der Waals surface area contributed by atoms with Crippen LogP contribution in [-0.2, 0) is 4.79 Å². The van der Waals surface area contributed by atoms with E-state index in [1.165, 1.54) is 12.8 Å². The first-order chi connectivity index (χ1) is 9.09. The van der Waals surface area contributed by atoms with Gasteiger partial charge in [-0.3, -0.25) is 4.79 Å². The fourth-order valence-corrected chi connectivity index (χ4v) is 3.40. The summed E-state index contributed by atoms with van der Waals surface area (Å²) in [6, 6.07) is 5.34. The van der Waals surface area contributed by atoms with Crippen molar-refractivity contribution < 1.29 is 4.79 Å². The summed E-state index contributed by atoms with van der Waals surface area (Å²) in [6.45, 7) is 1.61. The van der Waals surface area contributed by atoms with Crippen molar-refractivity contribution >= 4 is 45.0 Å². The molecule has 0 spiro atoms. The first-order valence-corrected chi connectivity index (χ1v) is 8.08. The molecule has 1 unspecified atom stereocenters. The van der Waals surface area contributed by atoms with Gasteiger partial charge < -0.3 is 4.90 Å². The molecule has 2 rings (SSSR count). The minimum Gasteiger partial charge on any atom is -0.341 e. The average Bonchev–Trinajstić information content (AvgIpc) is 2.69.